The molecule has 1 spiro atoms. The Morgan fingerprint density at radius 3 is 2.53 bits per heavy atom. The topological polar surface area (TPSA) is 78.9 Å². The second-order valence-corrected chi connectivity index (χ2v) is 8.81. The zero-order valence-electron chi connectivity index (χ0n) is 18.6. The lowest BCUT2D eigenvalue weighted by Gasteiger charge is -2.53. The summed E-state index contributed by atoms with van der Waals surface area (Å²) in [5.41, 5.74) is 1.58. The molecule has 6 nitrogen and oxygen atoms in total. The van der Waals surface area contributed by atoms with Gasteiger partial charge in [-0.25, -0.2) is 0 Å². The maximum absolute atomic E-state index is 13.7. The van der Waals surface area contributed by atoms with Crippen molar-refractivity contribution in [1.29, 1.82) is 0 Å². The molecule has 1 heterocycles. The minimum Gasteiger partial charge on any atom is -0.387 e. The molecule has 0 bridgehead atoms. The molecule has 1 aliphatic heterocycles. The fraction of sp³-hybridized carbons (Fsp3) is 0.462. The average Bonchev–Trinajstić information content (AvgIpc) is 2.83. The first-order valence-electron chi connectivity index (χ1n) is 11.5. The third-order valence-corrected chi connectivity index (χ3v) is 6.98. The molecule has 1 fully saturated rings. The zero-order valence-corrected chi connectivity index (χ0v) is 18.6. The van der Waals surface area contributed by atoms with Gasteiger partial charge in [-0.3, -0.25) is 9.59 Å². The normalized spacial score (nSPS) is 20.6. The lowest BCUT2D eigenvalue weighted by Crippen LogP contribution is -2.63. The average molecular weight is 437 g/mol. The number of hydrogen-bond donors (Lipinski definition) is 2. The third kappa shape index (κ3) is 4.17. The number of amides is 2. The zero-order chi connectivity index (χ0) is 22.6. The Balaban J connectivity index is 1.67. The summed E-state index contributed by atoms with van der Waals surface area (Å²) in [7, 11) is 1.63. The van der Waals surface area contributed by atoms with Crippen molar-refractivity contribution in [2.75, 3.05) is 26.8 Å². The summed E-state index contributed by atoms with van der Waals surface area (Å²) in [6, 6.07) is 16.8. The molecule has 2 amide bonds. The number of carbonyl (C=O) groups is 2. The van der Waals surface area contributed by atoms with Gasteiger partial charge in [-0.2, -0.15) is 0 Å². The van der Waals surface area contributed by atoms with Crippen LogP contribution in [0.2, 0.25) is 0 Å². The van der Waals surface area contributed by atoms with E-state index in [2.05, 4.69) is 5.32 Å². The van der Waals surface area contributed by atoms with Crippen molar-refractivity contribution in [3.05, 3.63) is 71.3 Å². The van der Waals surface area contributed by atoms with Crippen LogP contribution in [0.15, 0.2) is 54.6 Å². The molecular formula is C26H32N2O4. The molecule has 0 saturated heterocycles. The molecule has 2 aromatic carbocycles. The quantitative estimate of drug-likeness (QED) is 0.697. The fourth-order valence-electron chi connectivity index (χ4n) is 5.44. The van der Waals surface area contributed by atoms with Crippen molar-refractivity contribution < 1.29 is 19.4 Å². The maximum atomic E-state index is 13.7. The SMILES string of the molecule is COCCN1C(=O)c2ccccc2[C@H](C(=O)NC[C@H](O)c2ccccc2)C12CCCCC2. The van der Waals surface area contributed by atoms with Crippen molar-refractivity contribution in [2.24, 2.45) is 0 Å². The van der Waals surface area contributed by atoms with Gasteiger partial charge in [-0.15, -0.1) is 0 Å². The molecule has 2 aromatic rings. The van der Waals surface area contributed by atoms with E-state index in [1.165, 1.54) is 0 Å². The molecule has 6 heteroatoms. The molecule has 1 aliphatic carbocycles. The van der Waals surface area contributed by atoms with Gasteiger partial charge in [0, 0.05) is 25.8 Å². The Morgan fingerprint density at radius 1 is 1.12 bits per heavy atom. The van der Waals surface area contributed by atoms with Gasteiger partial charge in [0.2, 0.25) is 5.91 Å². The first-order chi connectivity index (χ1) is 15.6. The second kappa shape index (κ2) is 9.84. The first-order valence-corrected chi connectivity index (χ1v) is 11.5. The molecule has 2 atom stereocenters. The fourth-order valence-corrected chi connectivity index (χ4v) is 5.44. The molecule has 0 radical (unpaired) electrons. The van der Waals surface area contributed by atoms with Gasteiger partial charge < -0.3 is 20.1 Å². The lowest BCUT2D eigenvalue weighted by molar-refractivity contribution is -0.128. The summed E-state index contributed by atoms with van der Waals surface area (Å²) in [6.07, 6.45) is 3.86. The molecule has 4 rings (SSSR count). The van der Waals surface area contributed by atoms with Crippen LogP contribution in [0.25, 0.3) is 0 Å². The van der Waals surface area contributed by atoms with Gasteiger partial charge >= 0.3 is 0 Å². The number of aliphatic hydroxyl groups excluding tert-OH is 1. The van der Waals surface area contributed by atoms with Crippen LogP contribution in [0, 0.1) is 0 Å². The number of carbonyl (C=O) groups excluding carboxylic acids is 2. The van der Waals surface area contributed by atoms with Crippen LogP contribution in [0.3, 0.4) is 0 Å². The van der Waals surface area contributed by atoms with Crippen LogP contribution in [0.4, 0.5) is 0 Å². The van der Waals surface area contributed by atoms with Gasteiger partial charge in [0.25, 0.3) is 5.91 Å². The van der Waals surface area contributed by atoms with Crippen LogP contribution in [-0.4, -0.2) is 54.2 Å². The van der Waals surface area contributed by atoms with Crippen molar-refractivity contribution >= 4 is 11.8 Å². The molecular weight excluding hydrogens is 404 g/mol. The van der Waals surface area contributed by atoms with E-state index in [-0.39, 0.29) is 18.4 Å². The minimum absolute atomic E-state index is 0.0204. The van der Waals surface area contributed by atoms with Gasteiger partial charge in [0.05, 0.1) is 24.2 Å². The summed E-state index contributed by atoms with van der Waals surface area (Å²) in [4.78, 5) is 29.1. The molecule has 1 saturated carbocycles. The standard InChI is InChI=1S/C26H32N2O4/c1-32-17-16-28-25(31)21-13-7-6-12-20(21)23(26(28)14-8-3-9-15-26)24(30)27-18-22(29)19-10-4-2-5-11-19/h2,4-7,10-13,22-23,29H,3,8-9,14-18H2,1H3,(H,27,30)/t22-,23+/m0/s1. The molecule has 32 heavy (non-hydrogen) atoms. The van der Waals surface area contributed by atoms with E-state index in [4.69, 9.17) is 4.74 Å². The third-order valence-electron chi connectivity index (χ3n) is 6.98. The smallest absolute Gasteiger partial charge is 0.254 e. The molecule has 2 N–H and O–H groups in total. The van der Waals surface area contributed by atoms with Crippen LogP contribution < -0.4 is 5.32 Å². The number of aliphatic hydroxyl groups is 1. The number of benzene rings is 2. The van der Waals surface area contributed by atoms with E-state index in [0.717, 1.165) is 43.2 Å². The predicted octanol–water partition coefficient (Wildman–Crippen LogP) is 3.43. The van der Waals surface area contributed by atoms with E-state index >= 15 is 0 Å². The Morgan fingerprint density at radius 2 is 1.81 bits per heavy atom. The molecule has 0 aromatic heterocycles. The summed E-state index contributed by atoms with van der Waals surface area (Å²) < 4.78 is 5.31. The molecule has 0 unspecified atom stereocenters. The highest BCUT2D eigenvalue weighted by atomic mass is 16.5. The number of methoxy groups -OCH3 is 1. The molecule has 2 aliphatic rings. The second-order valence-electron chi connectivity index (χ2n) is 8.81. The Hall–Kier alpha value is -2.70. The number of rotatable bonds is 7. The first kappa shape index (κ1) is 22.5. The predicted molar refractivity (Wildman–Crippen MR) is 122 cm³/mol. The minimum atomic E-state index is -0.785. The summed E-state index contributed by atoms with van der Waals surface area (Å²) in [5, 5.41) is 13.6. The Kier molecular flexibility index (Phi) is 6.92. The number of fused-ring (bicyclic) bond motifs is 1. The summed E-state index contributed by atoms with van der Waals surface area (Å²) >= 11 is 0. The Labute approximate surface area is 189 Å². The number of nitrogens with zero attached hydrogens (tertiary/aromatic N) is 1. The van der Waals surface area contributed by atoms with Gasteiger partial charge in [0.15, 0.2) is 0 Å². The largest absolute Gasteiger partial charge is 0.387 e. The Bertz CT molecular complexity index is 940. The van der Waals surface area contributed by atoms with E-state index in [0.29, 0.717) is 18.7 Å². The lowest BCUT2D eigenvalue weighted by atomic mass is 9.65. The van der Waals surface area contributed by atoms with Gasteiger partial charge in [-0.1, -0.05) is 67.8 Å². The number of ether oxygens (including phenoxy) is 1. The summed E-state index contributed by atoms with van der Waals surface area (Å²) in [5.74, 6) is -0.631. The van der Waals surface area contributed by atoms with E-state index in [1.54, 1.807) is 7.11 Å². The van der Waals surface area contributed by atoms with Gasteiger partial charge in [-0.05, 0) is 30.0 Å². The van der Waals surface area contributed by atoms with E-state index in [1.807, 2.05) is 59.5 Å². The summed E-state index contributed by atoms with van der Waals surface area (Å²) in [6.45, 7) is 1.01. The van der Waals surface area contributed by atoms with E-state index in [9.17, 15) is 14.7 Å². The highest BCUT2D eigenvalue weighted by molar-refractivity contribution is 6.02. The van der Waals surface area contributed by atoms with Crippen molar-refractivity contribution in [3.63, 3.8) is 0 Å². The molecule has 170 valence electrons. The van der Waals surface area contributed by atoms with Crippen LogP contribution in [0.5, 0.6) is 0 Å². The maximum Gasteiger partial charge on any atom is 0.254 e. The van der Waals surface area contributed by atoms with Crippen molar-refractivity contribution in [3.8, 4) is 0 Å². The highest BCUT2D eigenvalue weighted by Crippen LogP contribution is 2.49. The van der Waals surface area contributed by atoms with Gasteiger partial charge in [0.1, 0.15) is 0 Å². The highest BCUT2D eigenvalue weighted by Gasteiger charge is 2.54. The van der Waals surface area contributed by atoms with E-state index < -0.39 is 17.6 Å². The van der Waals surface area contributed by atoms with Crippen LogP contribution >= 0.6 is 0 Å². The van der Waals surface area contributed by atoms with Crippen LogP contribution in [0.1, 0.15) is 65.6 Å². The number of nitrogens with one attached hydrogen (secondary N) is 1. The van der Waals surface area contributed by atoms with Crippen molar-refractivity contribution in [2.45, 2.75) is 49.7 Å². The van der Waals surface area contributed by atoms with Crippen molar-refractivity contribution in [1.82, 2.24) is 10.2 Å². The van der Waals surface area contributed by atoms with Crippen LogP contribution in [-0.2, 0) is 9.53 Å². The number of hydrogen-bond acceptors (Lipinski definition) is 4. The monoisotopic (exact) mass is 436 g/mol.